The zero-order chi connectivity index (χ0) is 23.6. The average Bonchev–Trinajstić information content (AvgIpc) is 3.54. The van der Waals surface area contributed by atoms with Crippen molar-refractivity contribution in [3.8, 4) is 5.75 Å². The first-order valence-electron chi connectivity index (χ1n) is 10.7. The summed E-state index contributed by atoms with van der Waals surface area (Å²) in [6.07, 6.45) is 2.09. The molecule has 1 heterocycles. The monoisotopic (exact) mass is 470 g/mol. The number of anilines is 1. The molecule has 1 atom stereocenters. The number of carbonyl (C=O) groups is 1. The Balaban J connectivity index is 1.50. The van der Waals surface area contributed by atoms with E-state index in [-0.39, 0.29) is 16.4 Å². The van der Waals surface area contributed by atoms with Crippen molar-refractivity contribution in [1.82, 2.24) is 15.5 Å². The van der Waals surface area contributed by atoms with Gasteiger partial charge in [0.15, 0.2) is 5.82 Å². The molecule has 33 heavy (non-hydrogen) atoms. The van der Waals surface area contributed by atoms with E-state index in [1.807, 2.05) is 13.8 Å². The van der Waals surface area contributed by atoms with Crippen LogP contribution in [0.5, 0.6) is 5.75 Å². The third-order valence-corrected chi connectivity index (χ3v) is 6.75. The number of nitrogens with zero attached hydrogens (tertiary/aromatic N) is 2. The summed E-state index contributed by atoms with van der Waals surface area (Å²) >= 11 is 0. The van der Waals surface area contributed by atoms with Crippen LogP contribution in [-0.4, -0.2) is 31.6 Å². The molecule has 1 amide bonds. The number of carbonyl (C=O) groups excluding carboxylic acids is 1. The largest absolute Gasteiger partial charge is 0.497 e. The summed E-state index contributed by atoms with van der Waals surface area (Å²) in [6, 6.07) is 11.9. The third-order valence-electron chi connectivity index (χ3n) is 5.37. The van der Waals surface area contributed by atoms with Crippen LogP contribution in [0.15, 0.2) is 57.9 Å². The number of hydrogen-bond acceptors (Lipinski definition) is 7. The Morgan fingerprint density at radius 3 is 2.52 bits per heavy atom. The molecule has 3 aromatic rings. The highest BCUT2D eigenvalue weighted by atomic mass is 32.2. The highest BCUT2D eigenvalue weighted by Crippen LogP contribution is 2.38. The van der Waals surface area contributed by atoms with Crippen LogP contribution < -0.4 is 14.8 Å². The summed E-state index contributed by atoms with van der Waals surface area (Å²) in [6.45, 7) is 3.87. The van der Waals surface area contributed by atoms with Gasteiger partial charge in [-0.05, 0) is 61.2 Å². The summed E-state index contributed by atoms with van der Waals surface area (Å²) in [5.41, 5.74) is 0.591. The number of hydrogen-bond donors (Lipinski definition) is 2. The smallest absolute Gasteiger partial charge is 0.261 e. The van der Waals surface area contributed by atoms with Crippen LogP contribution >= 0.6 is 0 Å². The zero-order valence-electron chi connectivity index (χ0n) is 18.6. The van der Waals surface area contributed by atoms with Gasteiger partial charge < -0.3 is 14.6 Å². The lowest BCUT2D eigenvalue weighted by Gasteiger charge is -2.18. The van der Waals surface area contributed by atoms with Gasteiger partial charge in [0.05, 0.1) is 12.0 Å². The molecule has 1 saturated carbocycles. The van der Waals surface area contributed by atoms with Crippen molar-refractivity contribution in [2.24, 2.45) is 5.92 Å². The van der Waals surface area contributed by atoms with E-state index in [4.69, 9.17) is 9.26 Å². The van der Waals surface area contributed by atoms with Gasteiger partial charge in [0.1, 0.15) is 11.8 Å². The van der Waals surface area contributed by atoms with Gasteiger partial charge in [0.2, 0.25) is 5.89 Å². The molecule has 4 rings (SSSR count). The van der Waals surface area contributed by atoms with Gasteiger partial charge in [0.25, 0.3) is 15.9 Å². The summed E-state index contributed by atoms with van der Waals surface area (Å²) in [4.78, 5) is 17.4. The molecule has 0 saturated heterocycles. The van der Waals surface area contributed by atoms with Crippen LogP contribution in [0.1, 0.15) is 60.7 Å². The van der Waals surface area contributed by atoms with Crippen LogP contribution in [0.4, 0.5) is 5.69 Å². The number of methoxy groups -OCH3 is 1. The van der Waals surface area contributed by atoms with Gasteiger partial charge in [0, 0.05) is 17.2 Å². The van der Waals surface area contributed by atoms with Gasteiger partial charge in [-0.15, -0.1) is 0 Å². The Labute approximate surface area is 192 Å². The number of amides is 1. The Hall–Kier alpha value is -3.40. The van der Waals surface area contributed by atoms with Crippen molar-refractivity contribution in [3.05, 3.63) is 65.8 Å². The van der Waals surface area contributed by atoms with Crippen LogP contribution in [-0.2, 0) is 10.0 Å². The summed E-state index contributed by atoms with van der Waals surface area (Å²) in [7, 11) is -2.37. The van der Waals surface area contributed by atoms with Crippen molar-refractivity contribution >= 4 is 21.6 Å². The quantitative estimate of drug-likeness (QED) is 0.486. The second-order valence-electron chi connectivity index (χ2n) is 8.32. The van der Waals surface area contributed by atoms with E-state index in [0.29, 0.717) is 29.1 Å². The molecule has 1 aliphatic carbocycles. The van der Waals surface area contributed by atoms with Crippen molar-refractivity contribution in [2.75, 3.05) is 11.8 Å². The van der Waals surface area contributed by atoms with Crippen molar-refractivity contribution in [3.63, 3.8) is 0 Å². The molecular weight excluding hydrogens is 444 g/mol. The van der Waals surface area contributed by atoms with Crippen molar-refractivity contribution in [2.45, 2.75) is 43.5 Å². The maximum Gasteiger partial charge on any atom is 0.261 e. The number of aromatic nitrogens is 2. The normalized spacial score (nSPS) is 14.7. The summed E-state index contributed by atoms with van der Waals surface area (Å²) < 4.78 is 38.7. The predicted molar refractivity (Wildman–Crippen MR) is 122 cm³/mol. The lowest BCUT2D eigenvalue weighted by Crippen LogP contribution is -2.32. The fraction of sp³-hybridized carbons (Fsp3) is 0.348. The van der Waals surface area contributed by atoms with Gasteiger partial charge in [-0.1, -0.05) is 25.1 Å². The fourth-order valence-corrected chi connectivity index (χ4v) is 4.40. The molecule has 1 aliphatic rings. The number of benzene rings is 2. The molecule has 174 valence electrons. The fourth-order valence-electron chi connectivity index (χ4n) is 3.30. The van der Waals surface area contributed by atoms with E-state index in [1.54, 1.807) is 30.3 Å². The Kier molecular flexibility index (Phi) is 6.37. The highest BCUT2D eigenvalue weighted by molar-refractivity contribution is 7.92. The van der Waals surface area contributed by atoms with Crippen molar-refractivity contribution < 1.29 is 22.5 Å². The molecule has 0 bridgehead atoms. The Morgan fingerprint density at radius 2 is 1.88 bits per heavy atom. The van der Waals surface area contributed by atoms with E-state index in [9.17, 15) is 13.2 Å². The van der Waals surface area contributed by atoms with Crippen LogP contribution in [0.2, 0.25) is 0 Å². The lowest BCUT2D eigenvalue weighted by molar-refractivity contribution is 0.0913. The van der Waals surface area contributed by atoms with Crippen LogP contribution in [0, 0.1) is 5.92 Å². The van der Waals surface area contributed by atoms with Gasteiger partial charge in [-0.3, -0.25) is 9.52 Å². The second-order valence-corrected chi connectivity index (χ2v) is 10.0. The number of rotatable bonds is 9. The topological polar surface area (TPSA) is 123 Å². The van der Waals surface area contributed by atoms with Crippen molar-refractivity contribution in [1.29, 1.82) is 0 Å². The van der Waals surface area contributed by atoms with Gasteiger partial charge in [-0.25, -0.2) is 8.42 Å². The lowest BCUT2D eigenvalue weighted by atomic mass is 10.0. The predicted octanol–water partition coefficient (Wildman–Crippen LogP) is 3.88. The first kappa shape index (κ1) is 22.8. The van der Waals surface area contributed by atoms with E-state index >= 15 is 0 Å². The summed E-state index contributed by atoms with van der Waals surface area (Å²) in [5.74, 6) is 1.53. The number of sulfonamides is 1. The molecule has 0 spiro atoms. The minimum atomic E-state index is -3.90. The third kappa shape index (κ3) is 5.33. The van der Waals surface area contributed by atoms with E-state index in [1.165, 1.54) is 25.3 Å². The highest BCUT2D eigenvalue weighted by Gasteiger charge is 2.32. The van der Waals surface area contributed by atoms with E-state index < -0.39 is 22.0 Å². The average molecular weight is 471 g/mol. The van der Waals surface area contributed by atoms with E-state index in [2.05, 4.69) is 20.2 Å². The summed E-state index contributed by atoms with van der Waals surface area (Å²) in [5, 5.41) is 6.92. The first-order chi connectivity index (χ1) is 15.8. The zero-order valence-corrected chi connectivity index (χ0v) is 19.4. The molecule has 2 N–H and O–H groups in total. The molecule has 1 fully saturated rings. The second kappa shape index (κ2) is 9.22. The first-order valence-corrected chi connectivity index (χ1v) is 12.2. The molecule has 1 aromatic heterocycles. The Bertz CT molecular complexity index is 1230. The maximum absolute atomic E-state index is 13.0. The van der Waals surface area contributed by atoms with E-state index in [0.717, 1.165) is 12.8 Å². The maximum atomic E-state index is 13.0. The minimum absolute atomic E-state index is 0.00916. The standard InChI is InChI=1S/C23H26N4O5S/c1-14(2)20(23-25-21(26-32-23)15-7-8-15)24-22(28)16-5-4-6-19(13-16)33(29,30)27-17-9-11-18(31-3)12-10-17/h4-6,9-15,20,27H,7-8H2,1-3H3,(H,24,28). The number of nitrogens with one attached hydrogen (secondary N) is 2. The van der Waals surface area contributed by atoms with Gasteiger partial charge in [-0.2, -0.15) is 4.98 Å². The number of ether oxygens (including phenoxy) is 1. The van der Waals surface area contributed by atoms with Crippen LogP contribution in [0.25, 0.3) is 0 Å². The molecule has 0 radical (unpaired) electrons. The van der Waals surface area contributed by atoms with Crippen LogP contribution in [0.3, 0.4) is 0 Å². The minimum Gasteiger partial charge on any atom is -0.497 e. The molecule has 2 aromatic carbocycles. The Morgan fingerprint density at radius 1 is 1.15 bits per heavy atom. The molecule has 10 heteroatoms. The molecule has 1 unspecified atom stereocenters. The SMILES string of the molecule is COc1ccc(NS(=O)(=O)c2cccc(C(=O)NC(c3nc(C4CC4)no3)C(C)C)c2)cc1. The molecule has 0 aliphatic heterocycles. The van der Waals surface area contributed by atoms with Gasteiger partial charge >= 0.3 is 0 Å². The molecular formula is C23H26N4O5S. The molecule has 9 nitrogen and oxygen atoms in total.